The number of nitrogens with zero attached hydrogens (tertiary/aromatic N) is 2. The first kappa shape index (κ1) is 17.5. The Hall–Kier alpha value is -2.37. The second-order valence-electron chi connectivity index (χ2n) is 5.36. The summed E-state index contributed by atoms with van der Waals surface area (Å²) in [6.07, 6.45) is 1.52. The minimum atomic E-state index is -0.102. The van der Waals surface area contributed by atoms with Gasteiger partial charge in [-0.25, -0.2) is 9.97 Å². The number of hydrogen-bond donors (Lipinski definition) is 1. The highest BCUT2D eigenvalue weighted by Crippen LogP contribution is 2.24. The van der Waals surface area contributed by atoms with E-state index in [0.717, 1.165) is 27.5 Å². The molecule has 0 unspecified atom stereocenters. The SMILES string of the molecule is Cc1c(Cl)cccc1NC(=O)CSc1cc(-c2ccccc2)ncn1. The molecule has 1 amide bonds. The van der Waals surface area contributed by atoms with E-state index in [4.69, 9.17) is 11.6 Å². The molecule has 0 spiro atoms. The van der Waals surface area contributed by atoms with Crippen LogP contribution in [0, 0.1) is 6.92 Å². The van der Waals surface area contributed by atoms with Gasteiger partial charge in [0.2, 0.25) is 5.91 Å². The van der Waals surface area contributed by atoms with Gasteiger partial charge < -0.3 is 5.32 Å². The topological polar surface area (TPSA) is 54.9 Å². The molecule has 0 aliphatic carbocycles. The number of hydrogen-bond acceptors (Lipinski definition) is 4. The second-order valence-corrected chi connectivity index (χ2v) is 6.76. The number of benzene rings is 2. The normalized spacial score (nSPS) is 10.5. The molecule has 1 aromatic heterocycles. The van der Waals surface area contributed by atoms with E-state index < -0.39 is 0 Å². The average Bonchev–Trinajstić information content (AvgIpc) is 2.65. The quantitative estimate of drug-likeness (QED) is 0.516. The number of nitrogens with one attached hydrogen (secondary N) is 1. The zero-order chi connectivity index (χ0) is 17.6. The van der Waals surface area contributed by atoms with Crippen molar-refractivity contribution in [1.82, 2.24) is 9.97 Å². The number of rotatable bonds is 5. The van der Waals surface area contributed by atoms with Gasteiger partial charge in [0.15, 0.2) is 0 Å². The van der Waals surface area contributed by atoms with Gasteiger partial charge >= 0.3 is 0 Å². The van der Waals surface area contributed by atoms with Crippen LogP contribution < -0.4 is 5.32 Å². The van der Waals surface area contributed by atoms with Crippen molar-refractivity contribution < 1.29 is 4.79 Å². The van der Waals surface area contributed by atoms with E-state index in [1.165, 1.54) is 18.1 Å². The molecule has 3 rings (SSSR count). The van der Waals surface area contributed by atoms with Crippen LogP contribution in [0.5, 0.6) is 0 Å². The molecule has 25 heavy (non-hydrogen) atoms. The number of halogens is 1. The van der Waals surface area contributed by atoms with Crippen LogP contribution >= 0.6 is 23.4 Å². The number of anilines is 1. The second kappa shape index (κ2) is 8.14. The van der Waals surface area contributed by atoms with E-state index in [2.05, 4.69) is 15.3 Å². The molecule has 3 aromatic rings. The van der Waals surface area contributed by atoms with Crippen molar-refractivity contribution in [3.8, 4) is 11.3 Å². The lowest BCUT2D eigenvalue weighted by Gasteiger charge is -2.09. The smallest absolute Gasteiger partial charge is 0.234 e. The molecule has 2 aromatic carbocycles. The van der Waals surface area contributed by atoms with Crippen LogP contribution in [0.15, 0.2) is 66.0 Å². The van der Waals surface area contributed by atoms with E-state index in [1.54, 1.807) is 6.07 Å². The minimum Gasteiger partial charge on any atom is -0.325 e. The minimum absolute atomic E-state index is 0.102. The lowest BCUT2D eigenvalue weighted by molar-refractivity contribution is -0.113. The van der Waals surface area contributed by atoms with Gasteiger partial charge in [0.25, 0.3) is 0 Å². The lowest BCUT2D eigenvalue weighted by Crippen LogP contribution is -2.15. The third kappa shape index (κ3) is 4.59. The van der Waals surface area contributed by atoms with Crippen LogP contribution in [0.25, 0.3) is 11.3 Å². The zero-order valence-corrected chi connectivity index (χ0v) is 15.1. The average molecular weight is 370 g/mol. The summed E-state index contributed by atoms with van der Waals surface area (Å²) in [5.41, 5.74) is 3.44. The van der Waals surface area contributed by atoms with Crippen LogP contribution in [0.3, 0.4) is 0 Å². The van der Waals surface area contributed by atoms with E-state index in [-0.39, 0.29) is 11.7 Å². The van der Waals surface area contributed by atoms with Gasteiger partial charge in [0.05, 0.1) is 11.4 Å². The molecular weight excluding hydrogens is 354 g/mol. The summed E-state index contributed by atoms with van der Waals surface area (Å²) in [6.45, 7) is 1.88. The Morgan fingerprint density at radius 1 is 1.12 bits per heavy atom. The molecule has 0 radical (unpaired) electrons. The summed E-state index contributed by atoms with van der Waals surface area (Å²) < 4.78 is 0. The number of carbonyl (C=O) groups excluding carboxylic acids is 1. The highest BCUT2D eigenvalue weighted by molar-refractivity contribution is 7.99. The molecule has 0 saturated carbocycles. The van der Waals surface area contributed by atoms with Gasteiger partial charge in [-0.1, -0.05) is 59.8 Å². The predicted molar refractivity (Wildman–Crippen MR) is 103 cm³/mol. The standard InChI is InChI=1S/C19H16ClN3OS/c1-13-15(20)8-5-9-16(13)23-18(24)11-25-19-10-17(21-12-22-19)14-6-3-2-4-7-14/h2-10,12H,11H2,1H3,(H,23,24). The molecule has 0 aliphatic heterocycles. The Labute approximate surface area is 155 Å². The number of carbonyl (C=O) groups is 1. The number of thioether (sulfide) groups is 1. The summed E-state index contributed by atoms with van der Waals surface area (Å²) in [6, 6.07) is 17.2. The third-order valence-corrected chi connectivity index (χ3v) is 4.94. The maximum absolute atomic E-state index is 12.2. The molecule has 0 aliphatic rings. The zero-order valence-electron chi connectivity index (χ0n) is 13.6. The van der Waals surface area contributed by atoms with Gasteiger partial charge in [0, 0.05) is 16.3 Å². The molecule has 0 atom stereocenters. The molecule has 0 fully saturated rings. The Morgan fingerprint density at radius 3 is 2.72 bits per heavy atom. The first-order chi connectivity index (χ1) is 12.1. The Bertz CT molecular complexity index is 887. The number of aromatic nitrogens is 2. The van der Waals surface area contributed by atoms with Crippen molar-refractivity contribution in [2.75, 3.05) is 11.1 Å². The fourth-order valence-corrected chi connectivity index (χ4v) is 3.10. The van der Waals surface area contributed by atoms with Gasteiger partial charge in [0.1, 0.15) is 11.4 Å². The summed E-state index contributed by atoms with van der Waals surface area (Å²) in [5, 5.41) is 4.27. The predicted octanol–water partition coefficient (Wildman–Crippen LogP) is 4.84. The summed E-state index contributed by atoms with van der Waals surface area (Å²) in [7, 11) is 0. The molecule has 6 heteroatoms. The first-order valence-corrected chi connectivity index (χ1v) is 9.05. The van der Waals surface area contributed by atoms with Crippen molar-refractivity contribution >= 4 is 35.0 Å². The molecule has 4 nitrogen and oxygen atoms in total. The van der Waals surface area contributed by atoms with Crippen molar-refractivity contribution in [2.24, 2.45) is 0 Å². The molecular formula is C19H16ClN3OS. The van der Waals surface area contributed by atoms with Crippen molar-refractivity contribution in [1.29, 1.82) is 0 Å². The first-order valence-electron chi connectivity index (χ1n) is 7.69. The van der Waals surface area contributed by atoms with Crippen molar-refractivity contribution in [2.45, 2.75) is 11.9 Å². The fourth-order valence-electron chi connectivity index (χ4n) is 2.25. The van der Waals surface area contributed by atoms with Crippen LogP contribution in [-0.4, -0.2) is 21.6 Å². The third-order valence-electron chi connectivity index (χ3n) is 3.60. The Kier molecular flexibility index (Phi) is 5.68. The van der Waals surface area contributed by atoms with Gasteiger partial charge in [-0.2, -0.15) is 0 Å². The Balaban J connectivity index is 1.64. The van der Waals surface area contributed by atoms with Crippen LogP contribution in [0.1, 0.15) is 5.56 Å². The van der Waals surface area contributed by atoms with Gasteiger partial charge in [-0.05, 0) is 30.7 Å². The van der Waals surface area contributed by atoms with E-state index in [9.17, 15) is 4.79 Å². The molecule has 1 N–H and O–H groups in total. The van der Waals surface area contributed by atoms with E-state index in [1.807, 2.05) is 55.5 Å². The van der Waals surface area contributed by atoms with Crippen molar-refractivity contribution in [3.63, 3.8) is 0 Å². The number of amides is 1. The summed E-state index contributed by atoms with van der Waals surface area (Å²) in [4.78, 5) is 20.7. The maximum Gasteiger partial charge on any atom is 0.234 e. The highest BCUT2D eigenvalue weighted by Gasteiger charge is 2.09. The largest absolute Gasteiger partial charge is 0.325 e. The Morgan fingerprint density at radius 2 is 1.92 bits per heavy atom. The van der Waals surface area contributed by atoms with Gasteiger partial charge in [-0.3, -0.25) is 4.79 Å². The lowest BCUT2D eigenvalue weighted by atomic mass is 10.1. The molecule has 0 bridgehead atoms. The van der Waals surface area contributed by atoms with Crippen molar-refractivity contribution in [3.05, 3.63) is 71.5 Å². The van der Waals surface area contributed by atoms with Crippen LogP contribution in [0.4, 0.5) is 5.69 Å². The molecule has 126 valence electrons. The van der Waals surface area contributed by atoms with E-state index in [0.29, 0.717) is 5.02 Å². The van der Waals surface area contributed by atoms with Crippen LogP contribution in [0.2, 0.25) is 5.02 Å². The van der Waals surface area contributed by atoms with Crippen LogP contribution in [-0.2, 0) is 4.79 Å². The van der Waals surface area contributed by atoms with E-state index >= 15 is 0 Å². The summed E-state index contributed by atoms with van der Waals surface area (Å²) >= 11 is 7.44. The maximum atomic E-state index is 12.2. The fraction of sp³-hybridized carbons (Fsp3) is 0.105. The monoisotopic (exact) mass is 369 g/mol. The van der Waals surface area contributed by atoms with Gasteiger partial charge in [-0.15, -0.1) is 0 Å². The molecule has 1 heterocycles. The molecule has 0 saturated heterocycles. The summed E-state index contributed by atoms with van der Waals surface area (Å²) in [5.74, 6) is 0.159. The highest BCUT2D eigenvalue weighted by atomic mass is 35.5.